The van der Waals surface area contributed by atoms with E-state index in [1.54, 1.807) is 16.8 Å². The molecule has 0 saturated carbocycles. The summed E-state index contributed by atoms with van der Waals surface area (Å²) < 4.78 is 14.7. The van der Waals surface area contributed by atoms with Gasteiger partial charge >= 0.3 is 0 Å². The van der Waals surface area contributed by atoms with Gasteiger partial charge < -0.3 is 0 Å². The van der Waals surface area contributed by atoms with E-state index in [1.165, 1.54) is 12.1 Å². The molecule has 2 rings (SSSR count). The van der Waals surface area contributed by atoms with Crippen molar-refractivity contribution in [2.75, 3.05) is 0 Å². The molecule has 0 saturated heterocycles. The van der Waals surface area contributed by atoms with Crippen LogP contribution in [0.25, 0.3) is 0 Å². The minimum atomic E-state index is -0.256. The Morgan fingerprint density at radius 1 is 1.39 bits per heavy atom. The number of nitrogens with zero attached hydrogens (tertiary/aromatic N) is 2. The summed E-state index contributed by atoms with van der Waals surface area (Å²) in [4.78, 5) is 0. The fourth-order valence-corrected chi connectivity index (χ4v) is 1.99. The molecule has 0 aliphatic carbocycles. The normalized spacial score (nSPS) is 12.7. The van der Waals surface area contributed by atoms with E-state index in [4.69, 9.17) is 5.84 Å². The maximum absolute atomic E-state index is 12.9. The van der Waals surface area contributed by atoms with Gasteiger partial charge in [-0.15, -0.1) is 0 Å². The Morgan fingerprint density at radius 2 is 2.06 bits per heavy atom. The van der Waals surface area contributed by atoms with Gasteiger partial charge in [-0.1, -0.05) is 19.1 Å². The zero-order chi connectivity index (χ0) is 13.1. The fourth-order valence-electron chi connectivity index (χ4n) is 1.99. The highest BCUT2D eigenvalue weighted by molar-refractivity contribution is 5.29. The molecule has 1 aromatic heterocycles. The Labute approximate surface area is 106 Å². The van der Waals surface area contributed by atoms with Crippen LogP contribution in [0.2, 0.25) is 0 Å². The van der Waals surface area contributed by atoms with Crippen molar-refractivity contribution in [1.29, 1.82) is 0 Å². The predicted octanol–water partition coefficient (Wildman–Crippen LogP) is 1.67. The largest absolute Gasteiger partial charge is 0.271 e. The first-order valence-corrected chi connectivity index (χ1v) is 5.90. The SMILES string of the molecule is CCc1cc(C(NN)c2ccc(F)cc2)n(C)n1. The second-order valence-electron chi connectivity index (χ2n) is 4.19. The Hall–Kier alpha value is -1.72. The molecule has 0 spiro atoms. The zero-order valence-electron chi connectivity index (χ0n) is 10.5. The van der Waals surface area contributed by atoms with Gasteiger partial charge in [-0.3, -0.25) is 10.5 Å². The zero-order valence-corrected chi connectivity index (χ0v) is 10.5. The third-order valence-corrected chi connectivity index (χ3v) is 2.99. The van der Waals surface area contributed by atoms with Crippen LogP contribution in [-0.4, -0.2) is 9.78 Å². The molecule has 1 aromatic carbocycles. The number of nitrogens with two attached hydrogens (primary N) is 1. The first kappa shape index (κ1) is 12.7. The van der Waals surface area contributed by atoms with Crippen molar-refractivity contribution in [3.8, 4) is 0 Å². The molecule has 0 radical (unpaired) electrons. The number of aryl methyl sites for hydroxylation is 2. The van der Waals surface area contributed by atoms with Gasteiger partial charge in [-0.25, -0.2) is 9.82 Å². The lowest BCUT2D eigenvalue weighted by Crippen LogP contribution is -2.30. The molecule has 1 unspecified atom stereocenters. The minimum absolute atomic E-state index is 0.191. The molecule has 0 aliphatic heterocycles. The number of benzene rings is 1. The van der Waals surface area contributed by atoms with Crippen molar-refractivity contribution in [2.24, 2.45) is 12.9 Å². The van der Waals surface area contributed by atoms with Crippen molar-refractivity contribution < 1.29 is 4.39 Å². The first-order valence-electron chi connectivity index (χ1n) is 5.90. The Morgan fingerprint density at radius 3 is 2.56 bits per heavy atom. The molecular formula is C13H17FN4. The van der Waals surface area contributed by atoms with Crippen LogP contribution in [0.15, 0.2) is 30.3 Å². The van der Waals surface area contributed by atoms with Gasteiger partial charge in [0.05, 0.1) is 17.4 Å². The van der Waals surface area contributed by atoms with Crippen LogP contribution < -0.4 is 11.3 Å². The number of rotatable bonds is 4. The van der Waals surface area contributed by atoms with Crippen LogP contribution in [0.3, 0.4) is 0 Å². The lowest BCUT2D eigenvalue weighted by molar-refractivity contribution is 0.571. The van der Waals surface area contributed by atoms with E-state index in [-0.39, 0.29) is 11.9 Å². The molecule has 4 nitrogen and oxygen atoms in total. The molecular weight excluding hydrogens is 231 g/mol. The number of hydrogen-bond acceptors (Lipinski definition) is 3. The van der Waals surface area contributed by atoms with Gasteiger partial charge in [0.1, 0.15) is 5.82 Å². The molecule has 3 N–H and O–H groups in total. The number of hydrazine groups is 1. The van der Waals surface area contributed by atoms with Gasteiger partial charge in [0.25, 0.3) is 0 Å². The van der Waals surface area contributed by atoms with Crippen LogP contribution >= 0.6 is 0 Å². The molecule has 2 aromatic rings. The Bertz CT molecular complexity index is 518. The summed E-state index contributed by atoms with van der Waals surface area (Å²) in [7, 11) is 1.88. The smallest absolute Gasteiger partial charge is 0.123 e. The molecule has 0 aliphatic rings. The van der Waals surface area contributed by atoms with E-state index in [0.717, 1.165) is 23.4 Å². The minimum Gasteiger partial charge on any atom is -0.271 e. The molecule has 0 amide bonds. The fraction of sp³-hybridized carbons (Fsp3) is 0.308. The molecule has 96 valence electrons. The van der Waals surface area contributed by atoms with E-state index in [0.29, 0.717) is 0 Å². The highest BCUT2D eigenvalue weighted by Gasteiger charge is 2.17. The second-order valence-corrected chi connectivity index (χ2v) is 4.19. The van der Waals surface area contributed by atoms with Crippen LogP contribution in [-0.2, 0) is 13.5 Å². The standard InChI is InChI=1S/C13H17FN4/c1-3-11-8-12(18(2)17-11)13(16-15)9-4-6-10(14)7-5-9/h4-8,13,16H,3,15H2,1-2H3. The molecule has 5 heteroatoms. The van der Waals surface area contributed by atoms with E-state index in [2.05, 4.69) is 17.4 Å². The average molecular weight is 248 g/mol. The monoisotopic (exact) mass is 248 g/mol. The van der Waals surface area contributed by atoms with E-state index < -0.39 is 0 Å². The summed E-state index contributed by atoms with van der Waals surface area (Å²) in [5, 5.41) is 4.39. The second kappa shape index (κ2) is 5.29. The number of hydrogen-bond donors (Lipinski definition) is 2. The lowest BCUT2D eigenvalue weighted by atomic mass is 10.0. The summed E-state index contributed by atoms with van der Waals surface area (Å²) in [6.45, 7) is 2.05. The van der Waals surface area contributed by atoms with Gasteiger partial charge in [0.2, 0.25) is 0 Å². The van der Waals surface area contributed by atoms with Gasteiger partial charge in [-0.05, 0) is 30.2 Å². The maximum Gasteiger partial charge on any atom is 0.123 e. The summed E-state index contributed by atoms with van der Waals surface area (Å²) >= 11 is 0. The summed E-state index contributed by atoms with van der Waals surface area (Å²) in [6.07, 6.45) is 0.870. The van der Waals surface area contributed by atoms with Gasteiger partial charge in [-0.2, -0.15) is 5.10 Å². The van der Waals surface area contributed by atoms with Crippen molar-refractivity contribution in [1.82, 2.24) is 15.2 Å². The van der Waals surface area contributed by atoms with Crippen LogP contribution in [0.5, 0.6) is 0 Å². The quantitative estimate of drug-likeness (QED) is 0.639. The molecule has 1 heterocycles. The van der Waals surface area contributed by atoms with Crippen molar-refractivity contribution >= 4 is 0 Å². The Kier molecular flexibility index (Phi) is 3.74. The number of halogens is 1. The summed E-state index contributed by atoms with van der Waals surface area (Å²) in [5.41, 5.74) is 5.62. The summed E-state index contributed by atoms with van der Waals surface area (Å²) in [5.74, 6) is 5.35. The molecule has 0 fully saturated rings. The Balaban J connectivity index is 2.38. The topological polar surface area (TPSA) is 55.9 Å². The molecule has 1 atom stereocenters. The van der Waals surface area contributed by atoms with Gasteiger partial charge in [0, 0.05) is 7.05 Å². The first-order chi connectivity index (χ1) is 8.65. The van der Waals surface area contributed by atoms with Crippen LogP contribution in [0, 0.1) is 5.82 Å². The van der Waals surface area contributed by atoms with Crippen molar-refractivity contribution in [3.63, 3.8) is 0 Å². The summed E-state index contributed by atoms with van der Waals surface area (Å²) in [6, 6.07) is 8.11. The lowest BCUT2D eigenvalue weighted by Gasteiger charge is -2.16. The molecule has 0 bridgehead atoms. The third-order valence-electron chi connectivity index (χ3n) is 2.99. The van der Waals surface area contributed by atoms with E-state index >= 15 is 0 Å². The highest BCUT2D eigenvalue weighted by Crippen LogP contribution is 2.22. The highest BCUT2D eigenvalue weighted by atomic mass is 19.1. The predicted molar refractivity (Wildman–Crippen MR) is 68.2 cm³/mol. The van der Waals surface area contributed by atoms with E-state index in [1.807, 2.05) is 13.1 Å². The third kappa shape index (κ3) is 2.42. The van der Waals surface area contributed by atoms with E-state index in [9.17, 15) is 4.39 Å². The average Bonchev–Trinajstić information content (AvgIpc) is 2.74. The molecule has 18 heavy (non-hydrogen) atoms. The van der Waals surface area contributed by atoms with Crippen LogP contribution in [0.1, 0.15) is 29.9 Å². The van der Waals surface area contributed by atoms with Crippen molar-refractivity contribution in [2.45, 2.75) is 19.4 Å². The van der Waals surface area contributed by atoms with Crippen molar-refractivity contribution in [3.05, 3.63) is 53.1 Å². The van der Waals surface area contributed by atoms with Gasteiger partial charge in [0.15, 0.2) is 0 Å². The van der Waals surface area contributed by atoms with Crippen LogP contribution in [0.4, 0.5) is 4.39 Å². The number of nitrogens with one attached hydrogen (secondary N) is 1. The number of aromatic nitrogens is 2. The maximum atomic E-state index is 12.9.